The highest BCUT2D eigenvalue weighted by atomic mass is 16.5. The summed E-state index contributed by atoms with van der Waals surface area (Å²) in [6.07, 6.45) is 1.13. The van der Waals surface area contributed by atoms with Gasteiger partial charge in [-0.1, -0.05) is 37.3 Å². The maximum atomic E-state index is 12.2. The molecule has 0 saturated carbocycles. The number of ether oxygens (including phenoxy) is 1. The number of anilines is 1. The number of Topliss-reactive ketones (excluding diaryl/α,β-unsaturated/α-hetero) is 1. The van der Waals surface area contributed by atoms with Crippen LogP contribution in [-0.4, -0.2) is 24.8 Å². The molecule has 0 aliphatic heterocycles. The Bertz CT molecular complexity index is 809. The van der Waals surface area contributed by atoms with E-state index in [2.05, 4.69) is 17.0 Å². The van der Waals surface area contributed by atoms with Gasteiger partial charge in [0.05, 0.1) is 12.7 Å². The molecular formula is C21H23NO4. The van der Waals surface area contributed by atoms with E-state index in [1.165, 1.54) is 12.7 Å². The number of hydrogen-bond donors (Lipinski definition) is 1. The summed E-state index contributed by atoms with van der Waals surface area (Å²) in [6, 6.07) is 12.4. The lowest BCUT2D eigenvalue weighted by atomic mass is 10.0. The van der Waals surface area contributed by atoms with Gasteiger partial charge < -0.3 is 10.1 Å². The standard InChI is InChI=1S/C21H23NO4/c1-4-15-6-9-16(10-7-15)19(23)11-12-20(24)22-18-13-17(21(25)26-3)8-5-14(18)2/h5-10,13H,4,11-12H2,1-3H3,(H,22,24). The van der Waals surface area contributed by atoms with E-state index < -0.39 is 5.97 Å². The summed E-state index contributed by atoms with van der Waals surface area (Å²) in [6.45, 7) is 3.88. The molecule has 0 saturated heterocycles. The van der Waals surface area contributed by atoms with E-state index >= 15 is 0 Å². The van der Waals surface area contributed by atoms with E-state index in [9.17, 15) is 14.4 Å². The van der Waals surface area contributed by atoms with Crippen molar-refractivity contribution >= 4 is 23.3 Å². The number of hydrogen-bond acceptors (Lipinski definition) is 4. The van der Waals surface area contributed by atoms with Gasteiger partial charge in [-0.15, -0.1) is 0 Å². The summed E-state index contributed by atoms with van der Waals surface area (Å²) in [5.74, 6) is -0.803. The lowest BCUT2D eigenvalue weighted by Gasteiger charge is -2.10. The normalized spacial score (nSPS) is 10.3. The minimum Gasteiger partial charge on any atom is -0.465 e. The van der Waals surface area contributed by atoms with E-state index in [0.29, 0.717) is 16.8 Å². The summed E-state index contributed by atoms with van der Waals surface area (Å²) < 4.78 is 4.68. The molecule has 1 amide bonds. The second-order valence-corrected chi connectivity index (χ2v) is 6.04. The smallest absolute Gasteiger partial charge is 0.337 e. The number of amides is 1. The summed E-state index contributed by atoms with van der Waals surface area (Å²) in [5, 5.41) is 2.76. The van der Waals surface area contributed by atoms with Gasteiger partial charge in [-0.25, -0.2) is 4.79 Å². The van der Waals surface area contributed by atoms with Crippen molar-refractivity contribution in [3.05, 3.63) is 64.7 Å². The van der Waals surface area contributed by atoms with Crippen molar-refractivity contribution in [2.45, 2.75) is 33.1 Å². The van der Waals surface area contributed by atoms with Gasteiger partial charge in [-0.2, -0.15) is 0 Å². The molecule has 0 aliphatic rings. The van der Waals surface area contributed by atoms with E-state index in [4.69, 9.17) is 0 Å². The highest BCUT2D eigenvalue weighted by Crippen LogP contribution is 2.18. The van der Waals surface area contributed by atoms with Crippen LogP contribution in [-0.2, 0) is 16.0 Å². The summed E-state index contributed by atoms with van der Waals surface area (Å²) in [4.78, 5) is 36.0. The van der Waals surface area contributed by atoms with Gasteiger partial charge in [0.15, 0.2) is 5.78 Å². The summed E-state index contributed by atoms with van der Waals surface area (Å²) in [7, 11) is 1.30. The number of aryl methyl sites for hydroxylation is 2. The van der Waals surface area contributed by atoms with Crippen LogP contribution in [0.2, 0.25) is 0 Å². The molecule has 1 N–H and O–H groups in total. The third-order valence-corrected chi connectivity index (χ3v) is 4.20. The number of benzene rings is 2. The van der Waals surface area contributed by atoms with Gasteiger partial charge in [0.25, 0.3) is 0 Å². The molecule has 0 bridgehead atoms. The summed E-state index contributed by atoms with van der Waals surface area (Å²) in [5.41, 5.74) is 3.50. The van der Waals surface area contributed by atoms with Crippen LogP contribution in [0.25, 0.3) is 0 Å². The molecule has 5 nitrogen and oxygen atoms in total. The zero-order valence-electron chi connectivity index (χ0n) is 15.3. The Kier molecular flexibility index (Phi) is 6.67. The molecular weight excluding hydrogens is 330 g/mol. The Labute approximate surface area is 153 Å². The molecule has 0 heterocycles. The number of carbonyl (C=O) groups excluding carboxylic acids is 3. The van der Waals surface area contributed by atoms with E-state index in [-0.39, 0.29) is 24.5 Å². The predicted molar refractivity (Wildman–Crippen MR) is 101 cm³/mol. The first kappa shape index (κ1) is 19.4. The molecule has 0 radical (unpaired) electrons. The highest BCUT2D eigenvalue weighted by molar-refractivity contribution is 6.00. The van der Waals surface area contributed by atoms with Gasteiger partial charge in [-0.05, 0) is 36.6 Å². The van der Waals surface area contributed by atoms with Crippen LogP contribution in [0.1, 0.15) is 51.6 Å². The molecule has 136 valence electrons. The van der Waals surface area contributed by atoms with Crippen molar-refractivity contribution < 1.29 is 19.1 Å². The van der Waals surface area contributed by atoms with E-state index in [1.807, 2.05) is 19.1 Å². The maximum Gasteiger partial charge on any atom is 0.337 e. The van der Waals surface area contributed by atoms with Crippen molar-refractivity contribution in [1.82, 2.24) is 0 Å². The Hall–Kier alpha value is -2.95. The van der Waals surface area contributed by atoms with Crippen molar-refractivity contribution in [2.24, 2.45) is 0 Å². The van der Waals surface area contributed by atoms with Crippen molar-refractivity contribution in [2.75, 3.05) is 12.4 Å². The average molecular weight is 353 g/mol. The number of methoxy groups -OCH3 is 1. The number of carbonyl (C=O) groups is 3. The van der Waals surface area contributed by atoms with E-state index in [1.54, 1.807) is 30.3 Å². The van der Waals surface area contributed by atoms with Gasteiger partial charge in [0, 0.05) is 24.1 Å². The Balaban J connectivity index is 1.96. The monoisotopic (exact) mass is 353 g/mol. The van der Waals surface area contributed by atoms with Crippen LogP contribution in [0, 0.1) is 6.92 Å². The third-order valence-electron chi connectivity index (χ3n) is 4.20. The van der Waals surface area contributed by atoms with Crippen molar-refractivity contribution in [3.63, 3.8) is 0 Å². The second-order valence-electron chi connectivity index (χ2n) is 6.04. The molecule has 2 aromatic rings. The molecule has 5 heteroatoms. The number of esters is 1. The van der Waals surface area contributed by atoms with Gasteiger partial charge in [0.1, 0.15) is 0 Å². The first-order valence-electron chi connectivity index (χ1n) is 8.55. The summed E-state index contributed by atoms with van der Waals surface area (Å²) >= 11 is 0. The second kappa shape index (κ2) is 8.94. The van der Waals surface area contributed by atoms with Crippen LogP contribution >= 0.6 is 0 Å². The topological polar surface area (TPSA) is 72.5 Å². The highest BCUT2D eigenvalue weighted by Gasteiger charge is 2.12. The Morgan fingerprint density at radius 2 is 1.62 bits per heavy atom. The van der Waals surface area contributed by atoms with Crippen LogP contribution < -0.4 is 5.32 Å². The van der Waals surface area contributed by atoms with Crippen LogP contribution in [0.15, 0.2) is 42.5 Å². The van der Waals surface area contributed by atoms with Gasteiger partial charge >= 0.3 is 5.97 Å². The SMILES string of the molecule is CCc1ccc(C(=O)CCC(=O)Nc2cc(C(=O)OC)ccc2C)cc1. The average Bonchev–Trinajstić information content (AvgIpc) is 2.67. The minimum atomic E-state index is -0.466. The molecule has 0 unspecified atom stereocenters. The zero-order chi connectivity index (χ0) is 19.1. The van der Waals surface area contributed by atoms with Crippen LogP contribution in [0.5, 0.6) is 0 Å². The molecule has 0 fully saturated rings. The third kappa shape index (κ3) is 5.02. The number of nitrogens with one attached hydrogen (secondary N) is 1. The van der Waals surface area contributed by atoms with E-state index in [0.717, 1.165) is 12.0 Å². The molecule has 26 heavy (non-hydrogen) atoms. The minimum absolute atomic E-state index is 0.0668. The zero-order valence-corrected chi connectivity index (χ0v) is 15.3. The molecule has 2 rings (SSSR count). The molecule has 0 aliphatic carbocycles. The van der Waals surface area contributed by atoms with Gasteiger partial charge in [-0.3, -0.25) is 9.59 Å². The fourth-order valence-electron chi connectivity index (χ4n) is 2.51. The molecule has 0 spiro atoms. The Morgan fingerprint density at radius 3 is 2.23 bits per heavy atom. The molecule has 2 aromatic carbocycles. The van der Waals surface area contributed by atoms with Crippen LogP contribution in [0.4, 0.5) is 5.69 Å². The molecule has 0 aromatic heterocycles. The fourth-order valence-corrected chi connectivity index (χ4v) is 2.51. The number of rotatable bonds is 7. The molecule has 0 atom stereocenters. The quantitative estimate of drug-likeness (QED) is 0.604. The predicted octanol–water partition coefficient (Wildman–Crippen LogP) is 3.95. The fraction of sp³-hybridized carbons (Fsp3) is 0.286. The van der Waals surface area contributed by atoms with Gasteiger partial charge in [0.2, 0.25) is 5.91 Å². The van der Waals surface area contributed by atoms with Crippen molar-refractivity contribution in [3.8, 4) is 0 Å². The van der Waals surface area contributed by atoms with Crippen LogP contribution in [0.3, 0.4) is 0 Å². The largest absolute Gasteiger partial charge is 0.465 e. The first-order chi connectivity index (χ1) is 12.4. The number of ketones is 1. The van der Waals surface area contributed by atoms with Crippen molar-refractivity contribution in [1.29, 1.82) is 0 Å². The first-order valence-corrected chi connectivity index (χ1v) is 8.55. The lowest BCUT2D eigenvalue weighted by Crippen LogP contribution is -2.15. The maximum absolute atomic E-state index is 12.2. The Morgan fingerprint density at radius 1 is 0.962 bits per heavy atom. The lowest BCUT2D eigenvalue weighted by molar-refractivity contribution is -0.116.